The Morgan fingerprint density at radius 3 is 2.52 bits per heavy atom. The number of hydrogen-bond donors (Lipinski definition) is 1. The summed E-state index contributed by atoms with van der Waals surface area (Å²) in [5.74, 6) is 1.25. The zero-order valence-electron chi connectivity index (χ0n) is 16.9. The normalized spacial score (nSPS) is 11.2. The SMILES string of the molecule is CC.CCCCC(CC[O-])Nc1ncncc1OCCOC(C)C.[K+]. The number of nitrogens with one attached hydrogen (secondary N) is 1. The van der Waals surface area contributed by atoms with Crippen LogP contribution in [0.15, 0.2) is 12.5 Å². The number of nitrogens with zero attached hydrogens (tertiary/aromatic N) is 2. The van der Waals surface area contributed by atoms with Gasteiger partial charge < -0.3 is 19.9 Å². The Hall–Kier alpha value is 0.236. The number of aromatic nitrogens is 2. The molecular formula is C18H34KN3O3. The van der Waals surface area contributed by atoms with Gasteiger partial charge in [0.2, 0.25) is 0 Å². The van der Waals surface area contributed by atoms with Gasteiger partial charge in [-0.1, -0.05) is 33.6 Å². The zero-order valence-corrected chi connectivity index (χ0v) is 20.0. The van der Waals surface area contributed by atoms with Gasteiger partial charge in [-0.05, 0) is 26.7 Å². The summed E-state index contributed by atoms with van der Waals surface area (Å²) in [6.07, 6.45) is 7.03. The van der Waals surface area contributed by atoms with Crippen LogP contribution in [0, 0.1) is 0 Å². The largest absolute Gasteiger partial charge is 1.00 e. The fraction of sp³-hybridized carbons (Fsp3) is 0.778. The first-order valence-electron chi connectivity index (χ1n) is 9.06. The van der Waals surface area contributed by atoms with E-state index in [1.54, 1.807) is 6.20 Å². The van der Waals surface area contributed by atoms with Gasteiger partial charge in [-0.15, -0.1) is 6.61 Å². The van der Waals surface area contributed by atoms with E-state index in [4.69, 9.17) is 9.47 Å². The molecule has 0 bridgehead atoms. The first-order chi connectivity index (χ1) is 11.7. The van der Waals surface area contributed by atoms with Crippen LogP contribution in [0.2, 0.25) is 0 Å². The first-order valence-corrected chi connectivity index (χ1v) is 9.06. The average molecular weight is 380 g/mol. The van der Waals surface area contributed by atoms with Crippen molar-refractivity contribution in [2.75, 3.05) is 25.1 Å². The monoisotopic (exact) mass is 379 g/mol. The number of rotatable bonds is 12. The second kappa shape index (κ2) is 19.0. The first kappa shape index (κ1) is 27.5. The van der Waals surface area contributed by atoms with Gasteiger partial charge in [0.15, 0.2) is 11.6 Å². The topological polar surface area (TPSA) is 79.3 Å². The van der Waals surface area contributed by atoms with E-state index in [0.29, 0.717) is 31.2 Å². The third kappa shape index (κ3) is 14.0. The van der Waals surface area contributed by atoms with Crippen molar-refractivity contribution in [3.05, 3.63) is 12.5 Å². The number of anilines is 1. The van der Waals surface area contributed by atoms with Gasteiger partial charge in [0, 0.05) is 6.04 Å². The second-order valence-corrected chi connectivity index (χ2v) is 5.48. The minimum absolute atomic E-state index is 0. The molecule has 1 N–H and O–H groups in total. The van der Waals surface area contributed by atoms with Crippen molar-refractivity contribution in [1.82, 2.24) is 9.97 Å². The molecule has 0 aliphatic heterocycles. The van der Waals surface area contributed by atoms with E-state index < -0.39 is 0 Å². The van der Waals surface area contributed by atoms with Crippen molar-refractivity contribution in [2.24, 2.45) is 0 Å². The molecule has 0 saturated carbocycles. The Kier molecular flexibility index (Phi) is 20.9. The molecule has 1 atom stereocenters. The van der Waals surface area contributed by atoms with Crippen LogP contribution in [0.3, 0.4) is 0 Å². The molecule has 0 radical (unpaired) electrons. The van der Waals surface area contributed by atoms with E-state index in [0.717, 1.165) is 19.3 Å². The van der Waals surface area contributed by atoms with Gasteiger partial charge in [0.05, 0.1) is 18.9 Å². The minimum Gasteiger partial charge on any atom is -0.854 e. The molecule has 140 valence electrons. The van der Waals surface area contributed by atoms with Gasteiger partial charge in [0.1, 0.15) is 12.9 Å². The molecule has 0 fully saturated rings. The van der Waals surface area contributed by atoms with E-state index in [2.05, 4.69) is 22.2 Å². The van der Waals surface area contributed by atoms with Crippen LogP contribution in [0.1, 0.15) is 60.3 Å². The van der Waals surface area contributed by atoms with Gasteiger partial charge in [-0.3, -0.25) is 0 Å². The summed E-state index contributed by atoms with van der Waals surface area (Å²) in [6, 6.07) is 0.126. The predicted octanol–water partition coefficient (Wildman–Crippen LogP) is 0.0317. The zero-order chi connectivity index (χ0) is 18.2. The Balaban J connectivity index is 0. The standard InChI is InChI=1S/C16H28N3O3.C2H6.K/c1-4-5-6-14(7-8-20)19-16-15(11-17-12-18-16)22-10-9-21-13(2)3;1-2;/h11-14H,4-10H2,1-3H3,(H,17,18,19);1-2H3;/q-1;;+1. The molecule has 7 heteroatoms. The molecule has 0 aliphatic carbocycles. The fourth-order valence-corrected chi connectivity index (χ4v) is 2.04. The smallest absolute Gasteiger partial charge is 0.854 e. The molecule has 0 amide bonds. The summed E-state index contributed by atoms with van der Waals surface area (Å²) in [5, 5.41) is 14.2. The van der Waals surface area contributed by atoms with Crippen molar-refractivity contribution in [3.8, 4) is 5.75 Å². The molecule has 0 spiro atoms. The third-order valence-electron chi connectivity index (χ3n) is 3.18. The van der Waals surface area contributed by atoms with Crippen LogP contribution in [0.25, 0.3) is 0 Å². The molecule has 25 heavy (non-hydrogen) atoms. The molecule has 1 heterocycles. The maximum atomic E-state index is 10.9. The van der Waals surface area contributed by atoms with Crippen LogP contribution in [0.5, 0.6) is 5.75 Å². The van der Waals surface area contributed by atoms with Crippen molar-refractivity contribution < 1.29 is 66.0 Å². The van der Waals surface area contributed by atoms with Crippen LogP contribution >= 0.6 is 0 Å². The minimum atomic E-state index is -0.0924. The molecule has 0 aromatic carbocycles. The van der Waals surface area contributed by atoms with E-state index in [1.165, 1.54) is 6.33 Å². The Labute approximate surface area is 195 Å². The second-order valence-electron chi connectivity index (χ2n) is 5.48. The summed E-state index contributed by atoms with van der Waals surface area (Å²) >= 11 is 0. The van der Waals surface area contributed by atoms with E-state index in [1.807, 2.05) is 27.7 Å². The van der Waals surface area contributed by atoms with Crippen molar-refractivity contribution in [3.63, 3.8) is 0 Å². The van der Waals surface area contributed by atoms with Gasteiger partial charge in [-0.2, -0.15) is 0 Å². The summed E-state index contributed by atoms with van der Waals surface area (Å²) < 4.78 is 11.1. The summed E-state index contributed by atoms with van der Waals surface area (Å²) in [7, 11) is 0. The van der Waals surface area contributed by atoms with Crippen LogP contribution in [-0.4, -0.2) is 41.9 Å². The molecule has 1 aromatic heterocycles. The van der Waals surface area contributed by atoms with Gasteiger partial charge in [0.25, 0.3) is 0 Å². The third-order valence-corrected chi connectivity index (χ3v) is 3.18. The van der Waals surface area contributed by atoms with Gasteiger partial charge >= 0.3 is 51.4 Å². The average Bonchev–Trinajstić information content (AvgIpc) is 2.59. The number of hydrogen-bond acceptors (Lipinski definition) is 6. The molecule has 0 saturated heterocycles. The maximum absolute atomic E-state index is 10.9. The van der Waals surface area contributed by atoms with Crippen molar-refractivity contribution in [1.29, 1.82) is 0 Å². The van der Waals surface area contributed by atoms with Gasteiger partial charge in [-0.25, -0.2) is 9.97 Å². The summed E-state index contributed by atoms with van der Waals surface area (Å²) in [4.78, 5) is 8.23. The summed E-state index contributed by atoms with van der Waals surface area (Å²) in [6.45, 7) is 11.0. The molecule has 6 nitrogen and oxygen atoms in total. The molecule has 1 rings (SSSR count). The molecule has 1 unspecified atom stereocenters. The predicted molar refractivity (Wildman–Crippen MR) is 96.4 cm³/mol. The Morgan fingerprint density at radius 1 is 1.20 bits per heavy atom. The molecular weight excluding hydrogens is 345 g/mol. The Morgan fingerprint density at radius 2 is 1.92 bits per heavy atom. The number of ether oxygens (including phenoxy) is 2. The maximum Gasteiger partial charge on any atom is 1.00 e. The van der Waals surface area contributed by atoms with Crippen LogP contribution in [-0.2, 0) is 4.74 Å². The van der Waals surface area contributed by atoms with E-state index in [9.17, 15) is 5.11 Å². The fourth-order valence-electron chi connectivity index (χ4n) is 2.04. The Bertz CT molecular complexity index is 409. The summed E-state index contributed by atoms with van der Waals surface area (Å²) in [5.41, 5.74) is 0. The quantitative estimate of drug-likeness (QED) is 0.408. The van der Waals surface area contributed by atoms with Crippen LogP contribution < -0.4 is 66.5 Å². The van der Waals surface area contributed by atoms with Crippen molar-refractivity contribution >= 4 is 5.82 Å². The van der Waals surface area contributed by atoms with E-state index >= 15 is 0 Å². The molecule has 0 aliphatic rings. The molecule has 1 aromatic rings. The van der Waals surface area contributed by atoms with Crippen molar-refractivity contribution in [2.45, 2.75) is 72.4 Å². The number of unbranched alkanes of at least 4 members (excludes halogenated alkanes) is 1. The van der Waals surface area contributed by atoms with Crippen LogP contribution in [0.4, 0.5) is 5.82 Å². The van der Waals surface area contributed by atoms with E-state index in [-0.39, 0.29) is 70.1 Å².